The van der Waals surface area contributed by atoms with Gasteiger partial charge < -0.3 is 19.1 Å². The van der Waals surface area contributed by atoms with Gasteiger partial charge in [-0.15, -0.1) is 0 Å². The van der Waals surface area contributed by atoms with Crippen molar-refractivity contribution in [1.29, 1.82) is 0 Å². The quantitative estimate of drug-likeness (QED) is 0.303. The summed E-state index contributed by atoms with van der Waals surface area (Å²) in [7, 11) is 0. The maximum atomic E-state index is 14.1. The molecule has 39 heavy (non-hydrogen) atoms. The maximum absolute atomic E-state index is 14.1. The molecule has 10 heteroatoms. The zero-order chi connectivity index (χ0) is 26.9. The minimum absolute atomic E-state index is 0.122. The number of pyridine rings is 1. The molecule has 0 aliphatic carbocycles. The predicted molar refractivity (Wildman–Crippen MR) is 144 cm³/mol. The molecule has 4 aromatic rings. The molecule has 0 radical (unpaired) electrons. The lowest BCUT2D eigenvalue weighted by atomic mass is 10.0. The van der Waals surface area contributed by atoms with E-state index in [0.29, 0.717) is 18.1 Å². The highest BCUT2D eigenvalue weighted by Crippen LogP contribution is 2.30. The molecule has 1 unspecified atom stereocenters. The smallest absolute Gasteiger partial charge is 0.335 e. The Hall–Kier alpha value is -3.53. The van der Waals surface area contributed by atoms with E-state index in [2.05, 4.69) is 14.5 Å². The van der Waals surface area contributed by atoms with Crippen molar-refractivity contribution in [1.82, 2.24) is 19.4 Å². The lowest BCUT2D eigenvalue weighted by Crippen LogP contribution is -2.32. The molecular weight excluding hydrogens is 523 g/mol. The first-order chi connectivity index (χ1) is 18.9. The number of hydrogen-bond acceptors (Lipinski definition) is 6. The number of fused-ring (bicyclic) bond motifs is 1. The molecule has 2 aromatic heterocycles. The Bertz CT molecular complexity index is 1520. The lowest BCUT2D eigenvalue weighted by Gasteiger charge is -2.28. The van der Waals surface area contributed by atoms with E-state index in [0.717, 1.165) is 60.7 Å². The second kappa shape index (κ2) is 10.9. The Morgan fingerprint density at radius 2 is 2.05 bits per heavy atom. The summed E-state index contributed by atoms with van der Waals surface area (Å²) in [5, 5.41) is 9.81. The summed E-state index contributed by atoms with van der Waals surface area (Å²) in [5.74, 6) is -0.118. The number of hydrogen-bond donors (Lipinski definition) is 1. The molecule has 0 bridgehead atoms. The molecule has 0 spiro atoms. The van der Waals surface area contributed by atoms with Crippen molar-refractivity contribution in [3.05, 3.63) is 88.2 Å². The van der Waals surface area contributed by atoms with Crippen LogP contribution in [0, 0.1) is 5.82 Å². The summed E-state index contributed by atoms with van der Waals surface area (Å²) in [4.78, 5) is 23.4. The lowest BCUT2D eigenvalue weighted by molar-refractivity contribution is -0.0591. The number of carbonyl (C=O) groups is 1. The van der Waals surface area contributed by atoms with Gasteiger partial charge in [-0.05, 0) is 73.5 Å². The van der Waals surface area contributed by atoms with Gasteiger partial charge in [0.05, 0.1) is 35.8 Å². The minimum Gasteiger partial charge on any atom is -0.486 e. The third kappa shape index (κ3) is 5.61. The fourth-order valence-corrected chi connectivity index (χ4v) is 5.40. The van der Waals surface area contributed by atoms with Crippen LogP contribution in [-0.4, -0.2) is 56.3 Å². The highest BCUT2D eigenvalue weighted by atomic mass is 35.5. The van der Waals surface area contributed by atoms with Gasteiger partial charge in [0.15, 0.2) is 11.6 Å². The van der Waals surface area contributed by atoms with E-state index in [1.807, 2.05) is 12.1 Å². The molecule has 0 amide bonds. The van der Waals surface area contributed by atoms with Crippen LogP contribution < -0.4 is 4.74 Å². The van der Waals surface area contributed by atoms with E-state index in [1.165, 1.54) is 12.1 Å². The highest BCUT2D eigenvalue weighted by molar-refractivity contribution is 6.30. The summed E-state index contributed by atoms with van der Waals surface area (Å²) in [6.45, 7) is 4.02. The van der Waals surface area contributed by atoms with Gasteiger partial charge in [0.25, 0.3) is 0 Å². The van der Waals surface area contributed by atoms with Crippen LogP contribution in [0.15, 0.2) is 54.7 Å². The van der Waals surface area contributed by atoms with Crippen LogP contribution in [0.4, 0.5) is 4.39 Å². The molecule has 2 saturated heterocycles. The molecule has 8 nitrogen and oxygen atoms in total. The van der Waals surface area contributed by atoms with Crippen molar-refractivity contribution < 1.29 is 23.8 Å². The topological polar surface area (TPSA) is 89.7 Å². The van der Waals surface area contributed by atoms with E-state index < -0.39 is 11.8 Å². The van der Waals surface area contributed by atoms with Crippen LogP contribution in [0.1, 0.15) is 46.2 Å². The van der Waals surface area contributed by atoms with E-state index in [4.69, 9.17) is 26.1 Å². The molecule has 0 saturated carbocycles. The van der Waals surface area contributed by atoms with E-state index in [-0.39, 0.29) is 29.9 Å². The van der Waals surface area contributed by atoms with Gasteiger partial charge in [-0.3, -0.25) is 9.88 Å². The molecule has 2 fully saturated rings. The standard InChI is InChI=1S/C29H28ClFN4O4/c30-21-2-4-27(23(31)13-21)39-17-18-5-8-32-25(11-18)20-6-9-34(14-20)16-28-33-24-3-1-19(29(36)37)12-26(24)35(28)15-22-7-10-38-22/h1-5,8,11-13,20,22H,6-7,9-10,14-17H2,(H,36,37)/t20?,22-/m0/s1. The number of imidazole rings is 1. The Kier molecular flexibility index (Phi) is 7.20. The molecule has 2 aliphatic heterocycles. The predicted octanol–water partition coefficient (Wildman–Crippen LogP) is 5.28. The van der Waals surface area contributed by atoms with Gasteiger partial charge in [-0.1, -0.05) is 11.6 Å². The number of halogens is 2. The zero-order valence-electron chi connectivity index (χ0n) is 21.2. The molecule has 2 atom stereocenters. The number of carboxylic acid groups (broad SMARTS) is 1. The molecule has 2 aromatic carbocycles. The summed E-state index contributed by atoms with van der Waals surface area (Å²) in [5.41, 5.74) is 3.76. The molecule has 1 N–H and O–H groups in total. The minimum atomic E-state index is -0.952. The number of benzene rings is 2. The number of ether oxygens (including phenoxy) is 2. The van der Waals surface area contributed by atoms with Gasteiger partial charge >= 0.3 is 5.97 Å². The molecule has 4 heterocycles. The van der Waals surface area contributed by atoms with Crippen LogP contribution in [0.5, 0.6) is 5.75 Å². The van der Waals surface area contributed by atoms with E-state index in [1.54, 1.807) is 30.5 Å². The number of carboxylic acids is 1. The number of aromatic nitrogens is 3. The highest BCUT2D eigenvalue weighted by Gasteiger charge is 2.28. The number of likely N-dealkylation sites (tertiary alicyclic amines) is 1. The van der Waals surface area contributed by atoms with Crippen LogP contribution in [0.3, 0.4) is 0 Å². The van der Waals surface area contributed by atoms with Crippen LogP contribution in [-0.2, 0) is 24.4 Å². The van der Waals surface area contributed by atoms with Crippen molar-refractivity contribution in [3.63, 3.8) is 0 Å². The summed E-state index contributed by atoms with van der Waals surface area (Å²) >= 11 is 5.83. The van der Waals surface area contributed by atoms with Gasteiger partial charge in [0.2, 0.25) is 0 Å². The molecule has 2 aliphatic rings. The fraction of sp³-hybridized carbons (Fsp3) is 0.345. The fourth-order valence-electron chi connectivity index (χ4n) is 5.24. The van der Waals surface area contributed by atoms with Crippen LogP contribution in [0.25, 0.3) is 11.0 Å². The first kappa shape index (κ1) is 25.7. The summed E-state index contributed by atoms with van der Waals surface area (Å²) < 4.78 is 27.5. The first-order valence-electron chi connectivity index (χ1n) is 13.0. The average Bonchev–Trinajstić information content (AvgIpc) is 3.50. The monoisotopic (exact) mass is 550 g/mol. The Morgan fingerprint density at radius 3 is 2.82 bits per heavy atom. The molecule has 202 valence electrons. The molecular formula is C29H28ClFN4O4. The Morgan fingerprint density at radius 1 is 1.18 bits per heavy atom. The van der Waals surface area contributed by atoms with Gasteiger partial charge in [-0.25, -0.2) is 14.2 Å². The number of aromatic carboxylic acids is 1. The SMILES string of the molecule is O=C(O)c1ccc2nc(CN3CCC(c4cc(COc5ccc(Cl)cc5F)ccn4)C3)n(C[C@@H]3CCO3)c2c1. The van der Waals surface area contributed by atoms with Crippen LogP contribution in [0.2, 0.25) is 5.02 Å². The zero-order valence-corrected chi connectivity index (χ0v) is 22.0. The third-order valence-corrected chi connectivity index (χ3v) is 7.68. The molecule has 6 rings (SSSR count). The second-order valence-corrected chi connectivity index (χ2v) is 10.5. The van der Waals surface area contributed by atoms with Crippen molar-refractivity contribution in [2.75, 3.05) is 19.7 Å². The second-order valence-electron chi connectivity index (χ2n) is 10.1. The number of nitrogens with zero attached hydrogens (tertiary/aromatic N) is 4. The van der Waals surface area contributed by atoms with Crippen LogP contribution >= 0.6 is 11.6 Å². The maximum Gasteiger partial charge on any atom is 0.335 e. The normalized spacial score (nSPS) is 19.3. The number of rotatable bonds is 9. The summed E-state index contributed by atoms with van der Waals surface area (Å²) in [6.07, 6.45) is 3.84. The van der Waals surface area contributed by atoms with Gasteiger partial charge in [-0.2, -0.15) is 0 Å². The Balaban J connectivity index is 1.15. The van der Waals surface area contributed by atoms with Crippen molar-refractivity contribution >= 4 is 28.6 Å². The van der Waals surface area contributed by atoms with Crippen molar-refractivity contribution in [3.8, 4) is 5.75 Å². The van der Waals surface area contributed by atoms with E-state index >= 15 is 0 Å². The first-order valence-corrected chi connectivity index (χ1v) is 13.4. The third-order valence-electron chi connectivity index (χ3n) is 7.44. The van der Waals surface area contributed by atoms with E-state index in [9.17, 15) is 14.3 Å². The summed E-state index contributed by atoms with van der Waals surface area (Å²) in [6, 6.07) is 13.3. The average molecular weight is 551 g/mol. The largest absolute Gasteiger partial charge is 0.486 e. The Labute approximate surface area is 229 Å². The van der Waals surface area contributed by atoms with Crippen molar-refractivity contribution in [2.24, 2.45) is 0 Å². The van der Waals surface area contributed by atoms with Gasteiger partial charge in [0.1, 0.15) is 12.4 Å². The van der Waals surface area contributed by atoms with Crippen molar-refractivity contribution in [2.45, 2.75) is 44.6 Å². The van der Waals surface area contributed by atoms with Gasteiger partial charge in [0, 0.05) is 36.0 Å².